The van der Waals surface area contributed by atoms with Crippen molar-refractivity contribution in [1.29, 1.82) is 0 Å². The Bertz CT molecular complexity index is 361. The quantitative estimate of drug-likeness (QED) is 0.743. The Balaban J connectivity index is 0.000000771. The zero-order valence-corrected chi connectivity index (χ0v) is 11.7. The maximum atomic E-state index is 12.8. The Hall–Kier alpha value is -1.31. The first-order valence-electron chi connectivity index (χ1n) is 6.86. The van der Waals surface area contributed by atoms with Crippen molar-refractivity contribution >= 4 is 5.70 Å². The van der Waals surface area contributed by atoms with E-state index in [1.165, 1.54) is 25.0 Å². The van der Waals surface area contributed by atoms with Crippen LogP contribution < -0.4 is 0 Å². The van der Waals surface area contributed by atoms with Crippen molar-refractivity contribution in [3.8, 4) is 0 Å². The first-order valence-corrected chi connectivity index (χ1v) is 6.86. The predicted molar refractivity (Wildman–Crippen MR) is 76.8 cm³/mol. The highest BCUT2D eigenvalue weighted by Crippen LogP contribution is 2.24. The summed E-state index contributed by atoms with van der Waals surface area (Å²) >= 11 is 0. The molecule has 0 N–H and O–H groups in total. The van der Waals surface area contributed by atoms with Crippen LogP contribution in [0.4, 0.5) is 4.39 Å². The Morgan fingerprint density at radius 3 is 2.17 bits per heavy atom. The lowest BCUT2D eigenvalue weighted by Gasteiger charge is -2.33. The molecule has 1 nitrogen and oxygen atoms in total. The molecule has 1 aromatic carbocycles. The van der Waals surface area contributed by atoms with Crippen LogP contribution in [0.5, 0.6) is 0 Å². The third-order valence-corrected chi connectivity index (χ3v) is 3.34. The minimum atomic E-state index is -0.191. The standard InChI is InChI=1S/C14H18FN.C2H6/c1-11-7-9-16(10-8-11)12(2)13-3-5-14(15)6-4-13;1-2/h3-6,11H,2,7-10H2,1H3;1-2H3. The van der Waals surface area contributed by atoms with Crippen molar-refractivity contribution in [3.05, 3.63) is 42.2 Å². The van der Waals surface area contributed by atoms with E-state index in [4.69, 9.17) is 0 Å². The third-order valence-electron chi connectivity index (χ3n) is 3.34. The summed E-state index contributed by atoms with van der Waals surface area (Å²) in [7, 11) is 0. The molecule has 1 saturated heterocycles. The molecule has 1 aromatic rings. The normalized spacial score (nSPS) is 15.9. The lowest BCUT2D eigenvalue weighted by Crippen LogP contribution is -2.31. The highest BCUT2D eigenvalue weighted by atomic mass is 19.1. The van der Waals surface area contributed by atoms with E-state index in [-0.39, 0.29) is 5.82 Å². The van der Waals surface area contributed by atoms with E-state index in [2.05, 4.69) is 18.4 Å². The van der Waals surface area contributed by atoms with Gasteiger partial charge in [-0.25, -0.2) is 4.39 Å². The van der Waals surface area contributed by atoms with Crippen LogP contribution in [0, 0.1) is 11.7 Å². The van der Waals surface area contributed by atoms with Gasteiger partial charge in [0.25, 0.3) is 0 Å². The second-order valence-electron chi connectivity index (χ2n) is 4.62. The Morgan fingerprint density at radius 2 is 1.67 bits per heavy atom. The third kappa shape index (κ3) is 3.86. The summed E-state index contributed by atoms with van der Waals surface area (Å²) < 4.78 is 12.8. The molecule has 0 saturated carbocycles. The molecule has 1 aliphatic heterocycles. The van der Waals surface area contributed by atoms with Gasteiger partial charge in [-0.15, -0.1) is 0 Å². The lowest BCUT2D eigenvalue weighted by atomic mass is 9.98. The molecular weight excluding hydrogens is 225 g/mol. The molecule has 0 radical (unpaired) electrons. The molecule has 1 aliphatic rings. The van der Waals surface area contributed by atoms with Crippen LogP contribution in [0.2, 0.25) is 0 Å². The van der Waals surface area contributed by atoms with Crippen molar-refractivity contribution < 1.29 is 4.39 Å². The number of nitrogens with zero attached hydrogens (tertiary/aromatic N) is 1. The summed E-state index contributed by atoms with van der Waals surface area (Å²) in [6, 6.07) is 6.59. The average molecular weight is 249 g/mol. The van der Waals surface area contributed by atoms with Crippen LogP contribution in [0.1, 0.15) is 39.2 Å². The van der Waals surface area contributed by atoms with Crippen LogP contribution in [0.3, 0.4) is 0 Å². The van der Waals surface area contributed by atoms with Gasteiger partial charge in [-0.1, -0.05) is 39.5 Å². The number of hydrogen-bond acceptors (Lipinski definition) is 1. The Kier molecular flexibility index (Phi) is 5.90. The average Bonchev–Trinajstić information content (AvgIpc) is 2.42. The van der Waals surface area contributed by atoms with Gasteiger partial charge >= 0.3 is 0 Å². The van der Waals surface area contributed by atoms with Crippen molar-refractivity contribution in [2.24, 2.45) is 5.92 Å². The molecule has 0 aromatic heterocycles. The van der Waals surface area contributed by atoms with E-state index >= 15 is 0 Å². The second kappa shape index (κ2) is 7.20. The highest BCUT2D eigenvalue weighted by molar-refractivity contribution is 5.61. The van der Waals surface area contributed by atoms with Crippen molar-refractivity contribution in [2.75, 3.05) is 13.1 Å². The summed E-state index contributed by atoms with van der Waals surface area (Å²) in [5.74, 6) is 0.626. The fourth-order valence-corrected chi connectivity index (χ4v) is 2.10. The molecule has 1 heterocycles. The molecule has 0 atom stereocenters. The SMILES string of the molecule is C=C(c1ccc(F)cc1)N1CCC(C)CC1.CC. The fourth-order valence-electron chi connectivity index (χ4n) is 2.10. The molecule has 0 amide bonds. The van der Waals surface area contributed by atoms with Gasteiger partial charge < -0.3 is 4.90 Å². The first-order chi connectivity index (χ1) is 8.66. The Morgan fingerprint density at radius 1 is 1.17 bits per heavy atom. The smallest absolute Gasteiger partial charge is 0.123 e. The zero-order valence-electron chi connectivity index (χ0n) is 11.7. The summed E-state index contributed by atoms with van der Waals surface area (Å²) in [5.41, 5.74) is 2.04. The van der Waals surface area contributed by atoms with Crippen LogP contribution >= 0.6 is 0 Å². The number of hydrogen-bond donors (Lipinski definition) is 0. The largest absolute Gasteiger partial charge is 0.372 e. The maximum absolute atomic E-state index is 12.8. The van der Waals surface area contributed by atoms with E-state index in [1.54, 1.807) is 12.1 Å². The van der Waals surface area contributed by atoms with Gasteiger partial charge in [-0.05, 0) is 36.5 Å². The molecule has 0 unspecified atom stereocenters. The van der Waals surface area contributed by atoms with Gasteiger partial charge in [-0.2, -0.15) is 0 Å². The van der Waals surface area contributed by atoms with Gasteiger partial charge in [0.15, 0.2) is 0 Å². The van der Waals surface area contributed by atoms with E-state index in [1.807, 2.05) is 13.8 Å². The molecule has 0 spiro atoms. The van der Waals surface area contributed by atoms with E-state index in [9.17, 15) is 4.39 Å². The molecule has 0 aliphatic carbocycles. The lowest BCUT2D eigenvalue weighted by molar-refractivity contribution is 0.268. The number of halogens is 1. The summed E-state index contributed by atoms with van der Waals surface area (Å²) in [6.45, 7) is 12.5. The minimum Gasteiger partial charge on any atom is -0.372 e. The van der Waals surface area contributed by atoms with Crippen molar-refractivity contribution in [3.63, 3.8) is 0 Å². The zero-order chi connectivity index (χ0) is 13.5. The van der Waals surface area contributed by atoms with Crippen LogP contribution in [-0.2, 0) is 0 Å². The van der Waals surface area contributed by atoms with Crippen LogP contribution in [0.25, 0.3) is 5.70 Å². The van der Waals surface area contributed by atoms with Gasteiger partial charge in [0.2, 0.25) is 0 Å². The van der Waals surface area contributed by atoms with Crippen LogP contribution in [0.15, 0.2) is 30.8 Å². The number of likely N-dealkylation sites (tertiary alicyclic amines) is 1. The summed E-state index contributed by atoms with van der Waals surface area (Å²) in [6.07, 6.45) is 2.44. The minimum absolute atomic E-state index is 0.191. The monoisotopic (exact) mass is 249 g/mol. The number of piperidine rings is 1. The summed E-state index contributed by atoms with van der Waals surface area (Å²) in [4.78, 5) is 2.30. The first kappa shape index (κ1) is 14.7. The molecule has 18 heavy (non-hydrogen) atoms. The molecule has 1 fully saturated rings. The number of benzene rings is 1. The molecule has 2 rings (SSSR count). The number of rotatable bonds is 2. The van der Waals surface area contributed by atoms with Crippen molar-refractivity contribution in [2.45, 2.75) is 33.6 Å². The van der Waals surface area contributed by atoms with Crippen molar-refractivity contribution in [1.82, 2.24) is 4.90 Å². The topological polar surface area (TPSA) is 3.24 Å². The van der Waals surface area contributed by atoms with E-state index in [0.29, 0.717) is 0 Å². The molecule has 0 bridgehead atoms. The molecule has 100 valence electrons. The van der Waals surface area contributed by atoms with E-state index in [0.717, 1.165) is 30.3 Å². The van der Waals surface area contributed by atoms with Gasteiger partial charge in [0.05, 0.1) is 0 Å². The summed E-state index contributed by atoms with van der Waals surface area (Å²) in [5, 5.41) is 0. The second-order valence-corrected chi connectivity index (χ2v) is 4.62. The molecular formula is C16H24FN. The maximum Gasteiger partial charge on any atom is 0.123 e. The fraction of sp³-hybridized carbons (Fsp3) is 0.500. The molecule has 2 heteroatoms. The Labute approximate surface area is 110 Å². The van der Waals surface area contributed by atoms with Gasteiger partial charge in [0, 0.05) is 18.8 Å². The predicted octanol–water partition coefficient (Wildman–Crippen LogP) is 4.55. The highest BCUT2D eigenvalue weighted by Gasteiger charge is 2.17. The van der Waals surface area contributed by atoms with Gasteiger partial charge in [0.1, 0.15) is 5.82 Å². The van der Waals surface area contributed by atoms with Gasteiger partial charge in [-0.3, -0.25) is 0 Å². The van der Waals surface area contributed by atoms with Crippen LogP contribution in [-0.4, -0.2) is 18.0 Å². The van der Waals surface area contributed by atoms with E-state index < -0.39 is 0 Å².